The quantitative estimate of drug-likeness (QED) is 0.749. The average molecular weight is 303 g/mol. The number of ether oxygens (including phenoxy) is 1. The Labute approximate surface area is 134 Å². The van der Waals surface area contributed by atoms with Crippen molar-refractivity contribution in [3.63, 3.8) is 0 Å². The molecule has 2 atom stereocenters. The minimum Gasteiger partial charge on any atom is -0.465 e. The molecule has 22 heavy (non-hydrogen) atoms. The van der Waals surface area contributed by atoms with Crippen LogP contribution in [0.3, 0.4) is 0 Å². The molecule has 0 radical (unpaired) electrons. The average Bonchev–Trinajstić information content (AvgIpc) is 2.44. The van der Waals surface area contributed by atoms with Gasteiger partial charge in [-0.1, -0.05) is 30.3 Å². The van der Waals surface area contributed by atoms with Crippen molar-refractivity contribution in [1.82, 2.24) is 4.90 Å². The lowest BCUT2D eigenvalue weighted by atomic mass is 9.59. The maximum absolute atomic E-state index is 12.9. The van der Waals surface area contributed by atoms with Crippen molar-refractivity contribution >= 4 is 5.97 Å². The summed E-state index contributed by atoms with van der Waals surface area (Å²) in [4.78, 5) is 15.3. The monoisotopic (exact) mass is 303 g/mol. The van der Waals surface area contributed by atoms with Crippen LogP contribution < -0.4 is 0 Å². The molecule has 0 heterocycles. The van der Waals surface area contributed by atoms with Crippen LogP contribution in [0.5, 0.6) is 0 Å². The molecule has 1 aromatic rings. The zero-order valence-electron chi connectivity index (χ0n) is 14.5. The molecular formula is C19H29NO2. The van der Waals surface area contributed by atoms with Crippen molar-refractivity contribution in [2.75, 3.05) is 6.61 Å². The summed E-state index contributed by atoms with van der Waals surface area (Å²) in [5, 5.41) is 0. The van der Waals surface area contributed by atoms with Gasteiger partial charge in [0, 0.05) is 18.1 Å². The topological polar surface area (TPSA) is 29.5 Å². The molecule has 1 saturated carbocycles. The second kappa shape index (κ2) is 6.82. The van der Waals surface area contributed by atoms with Crippen molar-refractivity contribution in [1.29, 1.82) is 0 Å². The zero-order chi connectivity index (χ0) is 16.3. The van der Waals surface area contributed by atoms with E-state index in [-0.39, 0.29) is 12.0 Å². The summed E-state index contributed by atoms with van der Waals surface area (Å²) in [7, 11) is 0. The van der Waals surface area contributed by atoms with Crippen LogP contribution in [-0.4, -0.2) is 35.6 Å². The summed E-state index contributed by atoms with van der Waals surface area (Å²) in [6, 6.07) is 11.2. The zero-order valence-corrected chi connectivity index (χ0v) is 14.5. The molecule has 122 valence electrons. The van der Waals surface area contributed by atoms with Gasteiger partial charge >= 0.3 is 5.97 Å². The Morgan fingerprint density at radius 3 is 2.23 bits per heavy atom. The van der Waals surface area contributed by atoms with Gasteiger partial charge in [0.05, 0.1) is 6.61 Å². The van der Waals surface area contributed by atoms with E-state index in [1.165, 1.54) is 0 Å². The van der Waals surface area contributed by atoms with Crippen molar-refractivity contribution in [2.45, 2.75) is 71.0 Å². The van der Waals surface area contributed by atoms with Gasteiger partial charge in [-0.25, -0.2) is 0 Å². The fourth-order valence-electron chi connectivity index (χ4n) is 3.97. The van der Waals surface area contributed by atoms with Crippen LogP contribution in [0.25, 0.3) is 0 Å². The van der Waals surface area contributed by atoms with E-state index < -0.39 is 5.41 Å². The molecule has 0 N–H and O–H groups in total. The van der Waals surface area contributed by atoms with Crippen LogP contribution in [0.1, 0.15) is 53.0 Å². The second-order valence-corrected chi connectivity index (χ2v) is 6.75. The van der Waals surface area contributed by atoms with Gasteiger partial charge in [0.15, 0.2) is 0 Å². The number of rotatable bonds is 6. The summed E-state index contributed by atoms with van der Waals surface area (Å²) in [5.41, 5.74) is 0.585. The third kappa shape index (κ3) is 2.79. The number of carbonyl (C=O) groups is 1. The summed E-state index contributed by atoms with van der Waals surface area (Å²) in [6.45, 7) is 11.1. The van der Waals surface area contributed by atoms with Crippen molar-refractivity contribution in [2.24, 2.45) is 0 Å². The summed E-state index contributed by atoms with van der Waals surface area (Å²) >= 11 is 0. The first-order valence-electron chi connectivity index (χ1n) is 8.45. The Morgan fingerprint density at radius 2 is 1.82 bits per heavy atom. The predicted octanol–water partition coefficient (Wildman–Crippen LogP) is 3.77. The van der Waals surface area contributed by atoms with Gasteiger partial charge in [0.25, 0.3) is 0 Å². The van der Waals surface area contributed by atoms with Gasteiger partial charge in [0.1, 0.15) is 5.41 Å². The molecule has 0 aliphatic heterocycles. The molecule has 0 amide bonds. The molecule has 1 aliphatic rings. The molecule has 3 nitrogen and oxygen atoms in total. The summed E-state index contributed by atoms with van der Waals surface area (Å²) in [6.07, 6.45) is 1.92. The summed E-state index contributed by atoms with van der Waals surface area (Å²) < 4.78 is 5.48. The van der Waals surface area contributed by atoms with Gasteiger partial charge in [-0.05, 0) is 53.0 Å². The van der Waals surface area contributed by atoms with Crippen LogP contribution in [0.2, 0.25) is 0 Å². The molecule has 0 spiro atoms. The fraction of sp³-hybridized carbons (Fsp3) is 0.632. The normalized spacial score (nSPS) is 24.6. The molecule has 1 fully saturated rings. The second-order valence-electron chi connectivity index (χ2n) is 6.75. The van der Waals surface area contributed by atoms with E-state index in [2.05, 4.69) is 44.7 Å². The van der Waals surface area contributed by atoms with Crippen molar-refractivity contribution in [3.8, 4) is 0 Å². The Kier molecular flexibility index (Phi) is 5.28. The third-order valence-corrected chi connectivity index (χ3v) is 4.86. The smallest absolute Gasteiger partial charge is 0.318 e. The lowest BCUT2D eigenvalue weighted by molar-refractivity contribution is -0.161. The van der Waals surface area contributed by atoms with Crippen LogP contribution in [0.15, 0.2) is 30.3 Å². The van der Waals surface area contributed by atoms with Gasteiger partial charge in [-0.3, -0.25) is 9.69 Å². The van der Waals surface area contributed by atoms with Gasteiger partial charge in [-0.2, -0.15) is 0 Å². The number of benzene rings is 1. The van der Waals surface area contributed by atoms with Gasteiger partial charge in [-0.15, -0.1) is 0 Å². The van der Waals surface area contributed by atoms with Crippen molar-refractivity contribution < 1.29 is 9.53 Å². The van der Waals surface area contributed by atoms with Crippen LogP contribution in [-0.2, 0) is 14.9 Å². The standard InChI is InChI=1S/C19H29NO2/c1-6-22-18(21)19(16-10-8-7-9-11-16)13-12-17(19)20(14(2)3)15(4)5/h7-11,14-15,17H,6,12-13H2,1-5H3. The Hall–Kier alpha value is -1.35. The van der Waals surface area contributed by atoms with E-state index in [9.17, 15) is 4.79 Å². The maximum Gasteiger partial charge on any atom is 0.318 e. The van der Waals surface area contributed by atoms with E-state index in [0.717, 1.165) is 18.4 Å². The van der Waals surface area contributed by atoms with E-state index >= 15 is 0 Å². The molecule has 0 bridgehead atoms. The molecule has 0 saturated heterocycles. The molecule has 1 aliphatic carbocycles. The van der Waals surface area contributed by atoms with Crippen LogP contribution >= 0.6 is 0 Å². The Bertz CT molecular complexity index is 489. The van der Waals surface area contributed by atoms with Crippen LogP contribution in [0.4, 0.5) is 0 Å². The lowest BCUT2D eigenvalue weighted by Gasteiger charge is -2.55. The van der Waals surface area contributed by atoms with Gasteiger partial charge < -0.3 is 4.74 Å². The van der Waals surface area contributed by atoms with Crippen LogP contribution in [0, 0.1) is 0 Å². The number of hydrogen-bond donors (Lipinski definition) is 0. The first-order valence-corrected chi connectivity index (χ1v) is 8.45. The van der Waals surface area contributed by atoms with E-state index in [0.29, 0.717) is 18.7 Å². The predicted molar refractivity (Wildman–Crippen MR) is 89.9 cm³/mol. The highest BCUT2D eigenvalue weighted by Gasteiger charge is 2.57. The first-order chi connectivity index (χ1) is 10.4. The SMILES string of the molecule is CCOC(=O)C1(c2ccccc2)CCC1N(C(C)C)C(C)C. The van der Waals surface area contributed by atoms with E-state index in [1.807, 2.05) is 25.1 Å². The largest absolute Gasteiger partial charge is 0.465 e. The molecule has 2 rings (SSSR count). The number of carbonyl (C=O) groups excluding carboxylic acids is 1. The molecule has 2 unspecified atom stereocenters. The Morgan fingerprint density at radius 1 is 1.23 bits per heavy atom. The lowest BCUT2D eigenvalue weighted by Crippen LogP contribution is -2.65. The van der Waals surface area contributed by atoms with E-state index in [4.69, 9.17) is 4.74 Å². The molecule has 0 aromatic heterocycles. The number of nitrogens with zero attached hydrogens (tertiary/aromatic N) is 1. The van der Waals surface area contributed by atoms with Gasteiger partial charge in [0.2, 0.25) is 0 Å². The first kappa shape index (κ1) is 17.0. The summed E-state index contributed by atoms with van der Waals surface area (Å²) in [5.74, 6) is -0.0660. The number of hydrogen-bond acceptors (Lipinski definition) is 3. The van der Waals surface area contributed by atoms with Crippen molar-refractivity contribution in [3.05, 3.63) is 35.9 Å². The molecular weight excluding hydrogens is 274 g/mol. The molecule has 3 heteroatoms. The fourth-order valence-corrected chi connectivity index (χ4v) is 3.97. The van der Waals surface area contributed by atoms with E-state index in [1.54, 1.807) is 0 Å². The highest BCUT2D eigenvalue weighted by molar-refractivity contribution is 5.86. The highest BCUT2D eigenvalue weighted by atomic mass is 16.5. The Balaban J connectivity index is 2.44. The molecule has 1 aromatic carbocycles. The minimum atomic E-state index is -0.508. The maximum atomic E-state index is 12.9. The highest BCUT2D eigenvalue weighted by Crippen LogP contribution is 2.48. The minimum absolute atomic E-state index is 0.0660. The number of esters is 1. The third-order valence-electron chi connectivity index (χ3n) is 4.86.